The number of esters is 1. The Morgan fingerprint density at radius 3 is 2.70 bits per heavy atom. The number of benzene rings is 2. The average Bonchev–Trinajstić information content (AvgIpc) is 3.13. The van der Waals surface area contributed by atoms with Crippen LogP contribution in [-0.4, -0.2) is 28.7 Å². The van der Waals surface area contributed by atoms with E-state index in [0.717, 1.165) is 11.1 Å². The number of halogens is 1. The summed E-state index contributed by atoms with van der Waals surface area (Å²) in [6, 6.07) is 12.8. The van der Waals surface area contributed by atoms with E-state index in [2.05, 4.69) is 5.32 Å². The third kappa shape index (κ3) is 4.33. The topological polar surface area (TPSA) is 82.4 Å². The number of carbonyl (C=O) groups is 1. The lowest BCUT2D eigenvalue weighted by molar-refractivity contribution is -0.146. The molecule has 1 aromatic heterocycles. The summed E-state index contributed by atoms with van der Waals surface area (Å²) in [6.07, 6.45) is 0.815. The maximum atomic E-state index is 13.3. The van der Waals surface area contributed by atoms with Crippen molar-refractivity contribution in [2.75, 3.05) is 12.4 Å². The van der Waals surface area contributed by atoms with Gasteiger partial charge in [0, 0.05) is 26.0 Å². The summed E-state index contributed by atoms with van der Waals surface area (Å²) < 4.78 is 12.4. The van der Waals surface area contributed by atoms with Gasteiger partial charge in [0.2, 0.25) is 0 Å². The van der Waals surface area contributed by atoms with Gasteiger partial charge in [-0.05, 0) is 35.7 Å². The minimum Gasteiger partial charge on any atom is -0.497 e. The highest BCUT2D eigenvalue weighted by atomic mass is 35.5. The second kappa shape index (κ2) is 9.27. The molecule has 0 amide bonds. The Labute approximate surface area is 197 Å². The number of hydrogen-bond acceptors (Lipinski definition) is 6. The molecule has 4 rings (SSSR count). The van der Waals surface area contributed by atoms with Crippen LogP contribution in [0.1, 0.15) is 36.7 Å². The summed E-state index contributed by atoms with van der Waals surface area (Å²) in [5, 5.41) is 3.85. The molecule has 0 aliphatic heterocycles. The van der Waals surface area contributed by atoms with E-state index in [9.17, 15) is 9.59 Å². The van der Waals surface area contributed by atoms with Crippen LogP contribution in [0, 0.1) is 0 Å². The molecule has 1 N–H and O–H groups in total. The van der Waals surface area contributed by atoms with E-state index in [1.165, 1.54) is 6.92 Å². The van der Waals surface area contributed by atoms with Crippen LogP contribution in [0.5, 0.6) is 5.75 Å². The van der Waals surface area contributed by atoms with Crippen molar-refractivity contribution in [3.63, 3.8) is 0 Å². The number of methoxy groups -OCH3 is 1. The van der Waals surface area contributed by atoms with Gasteiger partial charge in [-0.2, -0.15) is 0 Å². The standard InChI is InChI=1S/C25H26ClN3O4/c1-5-20-24(28-22-17-9-7-6-8-15(17)12-21(22)33-14(2)30)29(3)25(31)23(27-20)18-11-10-16(32-4)13-19(18)26/h6-11,13,21-22,28H,5,12H2,1-4H3/t21-,22-/m0/s1. The smallest absolute Gasteiger partial charge is 0.302 e. The Balaban J connectivity index is 1.78. The first-order chi connectivity index (χ1) is 15.8. The van der Waals surface area contributed by atoms with E-state index in [1.54, 1.807) is 36.9 Å². The number of aromatic nitrogens is 2. The molecule has 8 heteroatoms. The molecule has 0 saturated carbocycles. The molecule has 1 aliphatic carbocycles. The molecule has 0 spiro atoms. The summed E-state index contributed by atoms with van der Waals surface area (Å²) >= 11 is 6.43. The van der Waals surface area contributed by atoms with Crippen molar-refractivity contribution in [1.29, 1.82) is 0 Å². The number of nitrogens with one attached hydrogen (secondary N) is 1. The van der Waals surface area contributed by atoms with Gasteiger partial charge < -0.3 is 14.8 Å². The van der Waals surface area contributed by atoms with E-state index in [0.29, 0.717) is 40.7 Å². The first kappa shape index (κ1) is 22.9. The number of fused-ring (bicyclic) bond motifs is 1. The fourth-order valence-corrected chi connectivity index (χ4v) is 4.57. The lowest BCUT2D eigenvalue weighted by Crippen LogP contribution is -2.31. The first-order valence-electron chi connectivity index (χ1n) is 10.8. The van der Waals surface area contributed by atoms with E-state index in [1.807, 2.05) is 31.2 Å². The van der Waals surface area contributed by atoms with Gasteiger partial charge in [0.05, 0.1) is 23.9 Å². The van der Waals surface area contributed by atoms with E-state index >= 15 is 0 Å². The Kier molecular flexibility index (Phi) is 6.42. The fraction of sp³-hybridized carbons (Fsp3) is 0.320. The molecule has 33 heavy (non-hydrogen) atoms. The van der Waals surface area contributed by atoms with Crippen molar-refractivity contribution in [3.05, 3.63) is 74.7 Å². The number of rotatable bonds is 6. The van der Waals surface area contributed by atoms with Crippen molar-refractivity contribution in [2.24, 2.45) is 7.05 Å². The molecule has 0 radical (unpaired) electrons. The second-order valence-corrected chi connectivity index (χ2v) is 8.40. The SMILES string of the molecule is CCc1nc(-c2ccc(OC)cc2Cl)c(=O)n(C)c1N[C@H]1c2ccccc2C[C@@H]1OC(C)=O. The number of ether oxygens (including phenoxy) is 2. The first-order valence-corrected chi connectivity index (χ1v) is 11.2. The van der Waals surface area contributed by atoms with Gasteiger partial charge in [0.15, 0.2) is 0 Å². The van der Waals surface area contributed by atoms with Gasteiger partial charge in [-0.25, -0.2) is 4.98 Å². The average molecular weight is 468 g/mol. The highest BCUT2D eigenvalue weighted by molar-refractivity contribution is 6.33. The zero-order valence-electron chi connectivity index (χ0n) is 19.0. The monoisotopic (exact) mass is 467 g/mol. The third-order valence-electron chi connectivity index (χ3n) is 5.92. The molecule has 1 heterocycles. The van der Waals surface area contributed by atoms with E-state index < -0.39 is 0 Å². The van der Waals surface area contributed by atoms with Crippen LogP contribution in [0.25, 0.3) is 11.3 Å². The molecule has 0 unspecified atom stereocenters. The number of nitrogens with zero attached hydrogens (tertiary/aromatic N) is 2. The van der Waals surface area contributed by atoms with E-state index in [4.69, 9.17) is 26.1 Å². The maximum Gasteiger partial charge on any atom is 0.302 e. The fourth-order valence-electron chi connectivity index (χ4n) is 4.31. The summed E-state index contributed by atoms with van der Waals surface area (Å²) in [5.41, 5.74) is 3.40. The molecule has 3 aromatic rings. The number of aryl methyl sites for hydroxylation is 1. The van der Waals surface area contributed by atoms with Gasteiger partial charge >= 0.3 is 5.97 Å². The number of hydrogen-bond donors (Lipinski definition) is 1. The maximum absolute atomic E-state index is 13.3. The minimum atomic E-state index is -0.379. The van der Waals surface area contributed by atoms with Gasteiger partial charge in [-0.1, -0.05) is 42.8 Å². The van der Waals surface area contributed by atoms with Crippen molar-refractivity contribution in [3.8, 4) is 17.0 Å². The normalized spacial score (nSPS) is 16.9. The van der Waals surface area contributed by atoms with Crippen LogP contribution in [0.4, 0.5) is 5.82 Å². The molecule has 0 bridgehead atoms. The molecular weight excluding hydrogens is 442 g/mol. The lowest BCUT2D eigenvalue weighted by Gasteiger charge is -2.25. The zero-order valence-corrected chi connectivity index (χ0v) is 19.8. The zero-order chi connectivity index (χ0) is 23.7. The number of carbonyl (C=O) groups excluding carboxylic acids is 1. The summed E-state index contributed by atoms with van der Waals surface area (Å²) in [7, 11) is 3.26. The van der Waals surface area contributed by atoms with Gasteiger partial charge in [-0.3, -0.25) is 14.2 Å². The lowest BCUT2D eigenvalue weighted by atomic mass is 10.1. The van der Waals surface area contributed by atoms with Gasteiger partial charge in [-0.15, -0.1) is 0 Å². The van der Waals surface area contributed by atoms with Gasteiger partial charge in [0.1, 0.15) is 23.4 Å². The largest absolute Gasteiger partial charge is 0.497 e. The Bertz CT molecular complexity index is 1270. The van der Waals surface area contributed by atoms with Gasteiger partial charge in [0.25, 0.3) is 5.56 Å². The molecule has 2 atom stereocenters. The van der Waals surface area contributed by atoms with Crippen LogP contribution < -0.4 is 15.6 Å². The molecular formula is C25H26ClN3O4. The summed E-state index contributed by atoms with van der Waals surface area (Å²) in [4.78, 5) is 29.8. The van der Waals surface area contributed by atoms with Crippen LogP contribution in [0.3, 0.4) is 0 Å². The second-order valence-electron chi connectivity index (χ2n) is 7.99. The van der Waals surface area contributed by atoms with Crippen LogP contribution >= 0.6 is 11.6 Å². The summed E-state index contributed by atoms with van der Waals surface area (Å²) in [6.45, 7) is 3.38. The minimum absolute atomic E-state index is 0.274. The predicted molar refractivity (Wildman–Crippen MR) is 128 cm³/mol. The van der Waals surface area contributed by atoms with Crippen LogP contribution in [-0.2, 0) is 29.4 Å². The van der Waals surface area contributed by atoms with Crippen LogP contribution in [0.15, 0.2) is 47.3 Å². The number of anilines is 1. The van der Waals surface area contributed by atoms with Crippen molar-refractivity contribution in [1.82, 2.24) is 9.55 Å². The quantitative estimate of drug-likeness (QED) is 0.544. The molecule has 2 aromatic carbocycles. The summed E-state index contributed by atoms with van der Waals surface area (Å²) in [5.74, 6) is 0.854. The van der Waals surface area contributed by atoms with Crippen molar-refractivity contribution >= 4 is 23.4 Å². The Morgan fingerprint density at radius 2 is 2.03 bits per heavy atom. The molecule has 1 aliphatic rings. The van der Waals surface area contributed by atoms with Crippen molar-refractivity contribution < 1.29 is 14.3 Å². The highest BCUT2D eigenvalue weighted by Gasteiger charge is 2.35. The Hall–Kier alpha value is -3.32. The highest BCUT2D eigenvalue weighted by Crippen LogP contribution is 2.37. The third-order valence-corrected chi connectivity index (χ3v) is 6.23. The van der Waals surface area contributed by atoms with Crippen LogP contribution in [0.2, 0.25) is 5.02 Å². The Morgan fingerprint density at radius 1 is 1.27 bits per heavy atom. The molecule has 7 nitrogen and oxygen atoms in total. The van der Waals surface area contributed by atoms with E-state index in [-0.39, 0.29) is 29.4 Å². The molecule has 172 valence electrons. The molecule has 0 saturated heterocycles. The predicted octanol–water partition coefficient (Wildman–Crippen LogP) is 4.31. The molecule has 0 fully saturated rings. The van der Waals surface area contributed by atoms with Crippen molar-refractivity contribution in [2.45, 2.75) is 38.8 Å².